The Bertz CT molecular complexity index is 679. The van der Waals surface area contributed by atoms with E-state index in [0.717, 1.165) is 32.7 Å². The van der Waals surface area contributed by atoms with Gasteiger partial charge in [-0.3, -0.25) is 9.69 Å². The minimum absolute atomic E-state index is 0.110. The Morgan fingerprint density at radius 1 is 1.08 bits per heavy atom. The van der Waals surface area contributed by atoms with Crippen LogP contribution in [0.2, 0.25) is 0 Å². The third kappa shape index (κ3) is 5.41. The molecular weight excluding hydrogens is 324 g/mol. The minimum atomic E-state index is 0.110. The summed E-state index contributed by atoms with van der Waals surface area (Å²) >= 11 is 0. The molecule has 138 valence electrons. The van der Waals surface area contributed by atoms with Gasteiger partial charge in [-0.15, -0.1) is 0 Å². The second-order valence-electron chi connectivity index (χ2n) is 6.86. The molecule has 1 amide bonds. The molecule has 0 aromatic heterocycles. The molecule has 4 heteroatoms. The zero-order valence-electron chi connectivity index (χ0n) is 15.5. The quantitative estimate of drug-likeness (QED) is 0.832. The second-order valence-corrected chi connectivity index (χ2v) is 6.86. The van der Waals surface area contributed by atoms with Crippen molar-refractivity contribution in [1.82, 2.24) is 10.2 Å². The molecule has 1 saturated heterocycles. The summed E-state index contributed by atoms with van der Waals surface area (Å²) in [7, 11) is 0. The van der Waals surface area contributed by atoms with Gasteiger partial charge >= 0.3 is 0 Å². The van der Waals surface area contributed by atoms with E-state index in [4.69, 9.17) is 4.74 Å². The standard InChI is InChI=1S/C22H28N2O2/c1-18-7-10-20(11-8-18)21(24-13-15-26-16-14-24)17-23-22(25)12-9-19-5-3-2-4-6-19/h2-8,10-11,21H,9,12-17H2,1H3,(H,23,25). The van der Waals surface area contributed by atoms with Crippen molar-refractivity contribution >= 4 is 5.91 Å². The normalized spacial score (nSPS) is 16.2. The van der Waals surface area contributed by atoms with Crippen LogP contribution in [0.25, 0.3) is 0 Å². The van der Waals surface area contributed by atoms with Gasteiger partial charge in [-0.25, -0.2) is 0 Å². The molecule has 1 N–H and O–H groups in total. The van der Waals surface area contributed by atoms with E-state index in [1.54, 1.807) is 0 Å². The largest absolute Gasteiger partial charge is 0.379 e. The molecule has 26 heavy (non-hydrogen) atoms. The van der Waals surface area contributed by atoms with Crippen molar-refractivity contribution in [3.8, 4) is 0 Å². The van der Waals surface area contributed by atoms with Crippen LogP contribution in [0.1, 0.15) is 29.2 Å². The van der Waals surface area contributed by atoms with Gasteiger partial charge in [0.1, 0.15) is 0 Å². The first-order chi connectivity index (χ1) is 12.7. The van der Waals surface area contributed by atoms with Crippen molar-refractivity contribution in [1.29, 1.82) is 0 Å². The van der Waals surface area contributed by atoms with Crippen molar-refractivity contribution in [3.05, 3.63) is 71.3 Å². The number of aryl methyl sites for hydroxylation is 2. The van der Waals surface area contributed by atoms with Gasteiger partial charge in [0, 0.05) is 26.1 Å². The first-order valence-electron chi connectivity index (χ1n) is 9.41. The van der Waals surface area contributed by atoms with Gasteiger partial charge in [-0.05, 0) is 24.5 Å². The number of hydrogen-bond acceptors (Lipinski definition) is 3. The van der Waals surface area contributed by atoms with Crippen molar-refractivity contribution in [2.45, 2.75) is 25.8 Å². The third-order valence-electron chi connectivity index (χ3n) is 4.92. The summed E-state index contributed by atoms with van der Waals surface area (Å²) in [6, 6.07) is 19.0. The van der Waals surface area contributed by atoms with E-state index in [0.29, 0.717) is 13.0 Å². The first kappa shape index (κ1) is 18.6. The van der Waals surface area contributed by atoms with Crippen LogP contribution < -0.4 is 5.32 Å². The molecule has 0 bridgehead atoms. The second kappa shape index (κ2) is 9.51. The molecule has 4 nitrogen and oxygen atoms in total. The number of morpholine rings is 1. The van der Waals surface area contributed by atoms with Gasteiger partial charge < -0.3 is 10.1 Å². The topological polar surface area (TPSA) is 41.6 Å². The number of rotatable bonds is 7. The predicted molar refractivity (Wildman–Crippen MR) is 104 cm³/mol. The molecule has 1 aliphatic rings. The minimum Gasteiger partial charge on any atom is -0.379 e. The smallest absolute Gasteiger partial charge is 0.220 e. The molecular formula is C22H28N2O2. The molecule has 0 aliphatic carbocycles. The van der Waals surface area contributed by atoms with E-state index in [1.165, 1.54) is 16.7 Å². The lowest BCUT2D eigenvalue weighted by Crippen LogP contribution is -2.43. The molecule has 1 fully saturated rings. The zero-order valence-corrected chi connectivity index (χ0v) is 15.5. The molecule has 1 aliphatic heterocycles. The Kier molecular flexibility index (Phi) is 6.81. The van der Waals surface area contributed by atoms with Crippen LogP contribution in [-0.2, 0) is 16.0 Å². The maximum atomic E-state index is 12.3. The lowest BCUT2D eigenvalue weighted by Gasteiger charge is -2.35. The zero-order chi connectivity index (χ0) is 18.2. The van der Waals surface area contributed by atoms with Crippen LogP contribution in [-0.4, -0.2) is 43.7 Å². The van der Waals surface area contributed by atoms with E-state index >= 15 is 0 Å². The highest BCUT2D eigenvalue weighted by Gasteiger charge is 2.23. The maximum Gasteiger partial charge on any atom is 0.220 e. The number of hydrogen-bond donors (Lipinski definition) is 1. The summed E-state index contributed by atoms with van der Waals surface area (Å²) < 4.78 is 5.49. The van der Waals surface area contributed by atoms with Crippen molar-refractivity contribution in [2.24, 2.45) is 0 Å². The van der Waals surface area contributed by atoms with Crippen LogP contribution in [0.4, 0.5) is 0 Å². The van der Waals surface area contributed by atoms with E-state index < -0.39 is 0 Å². The van der Waals surface area contributed by atoms with Gasteiger partial charge in [0.05, 0.1) is 19.3 Å². The molecule has 1 heterocycles. The summed E-state index contributed by atoms with van der Waals surface area (Å²) in [4.78, 5) is 14.7. The molecule has 1 unspecified atom stereocenters. The fraction of sp³-hybridized carbons (Fsp3) is 0.409. The molecule has 0 spiro atoms. The van der Waals surface area contributed by atoms with Crippen LogP contribution >= 0.6 is 0 Å². The third-order valence-corrected chi connectivity index (χ3v) is 4.92. The van der Waals surface area contributed by atoms with Gasteiger partial charge in [-0.2, -0.15) is 0 Å². The SMILES string of the molecule is Cc1ccc(C(CNC(=O)CCc2ccccc2)N2CCOCC2)cc1. The van der Waals surface area contributed by atoms with Gasteiger partial charge in [0.2, 0.25) is 5.91 Å². The molecule has 3 rings (SSSR count). The van der Waals surface area contributed by atoms with Crippen LogP contribution in [0, 0.1) is 6.92 Å². The average molecular weight is 352 g/mol. The number of ether oxygens (including phenoxy) is 1. The highest BCUT2D eigenvalue weighted by molar-refractivity contribution is 5.76. The molecule has 0 radical (unpaired) electrons. The first-order valence-corrected chi connectivity index (χ1v) is 9.41. The highest BCUT2D eigenvalue weighted by Crippen LogP contribution is 2.22. The van der Waals surface area contributed by atoms with Gasteiger partial charge in [0.25, 0.3) is 0 Å². The highest BCUT2D eigenvalue weighted by atomic mass is 16.5. The van der Waals surface area contributed by atoms with E-state index in [-0.39, 0.29) is 11.9 Å². The predicted octanol–water partition coefficient (Wildman–Crippen LogP) is 3.12. The number of carbonyl (C=O) groups is 1. The Morgan fingerprint density at radius 3 is 2.46 bits per heavy atom. The van der Waals surface area contributed by atoms with E-state index in [9.17, 15) is 4.79 Å². The summed E-state index contributed by atoms with van der Waals surface area (Å²) in [5.74, 6) is 0.110. The fourth-order valence-corrected chi connectivity index (χ4v) is 3.34. The van der Waals surface area contributed by atoms with Crippen molar-refractivity contribution in [3.63, 3.8) is 0 Å². The van der Waals surface area contributed by atoms with Crippen molar-refractivity contribution < 1.29 is 9.53 Å². The van der Waals surface area contributed by atoms with Crippen molar-refractivity contribution in [2.75, 3.05) is 32.8 Å². The fourth-order valence-electron chi connectivity index (χ4n) is 3.34. The number of benzene rings is 2. The molecule has 1 atom stereocenters. The summed E-state index contributed by atoms with van der Waals surface area (Å²) in [5, 5.41) is 3.14. The average Bonchev–Trinajstić information content (AvgIpc) is 2.69. The number of carbonyl (C=O) groups excluding carboxylic acids is 1. The Morgan fingerprint density at radius 2 is 1.77 bits per heavy atom. The van der Waals surface area contributed by atoms with E-state index in [1.807, 2.05) is 18.2 Å². The lowest BCUT2D eigenvalue weighted by atomic mass is 10.0. The molecule has 2 aromatic carbocycles. The Hall–Kier alpha value is -2.17. The lowest BCUT2D eigenvalue weighted by molar-refractivity contribution is -0.121. The van der Waals surface area contributed by atoms with Gasteiger partial charge in [-0.1, -0.05) is 60.2 Å². The Balaban J connectivity index is 1.58. The van der Waals surface area contributed by atoms with Crippen LogP contribution in [0.5, 0.6) is 0 Å². The monoisotopic (exact) mass is 352 g/mol. The number of nitrogens with zero attached hydrogens (tertiary/aromatic N) is 1. The summed E-state index contributed by atoms with van der Waals surface area (Å²) in [5.41, 5.74) is 3.70. The summed E-state index contributed by atoms with van der Waals surface area (Å²) in [6.45, 7) is 6.04. The Labute approximate surface area is 156 Å². The van der Waals surface area contributed by atoms with Gasteiger partial charge in [0.15, 0.2) is 0 Å². The maximum absolute atomic E-state index is 12.3. The summed E-state index contributed by atoms with van der Waals surface area (Å²) in [6.07, 6.45) is 1.30. The number of nitrogens with one attached hydrogen (secondary N) is 1. The molecule has 2 aromatic rings. The van der Waals surface area contributed by atoms with E-state index in [2.05, 4.69) is 53.5 Å². The van der Waals surface area contributed by atoms with Crippen LogP contribution in [0.3, 0.4) is 0 Å². The van der Waals surface area contributed by atoms with Crippen LogP contribution in [0.15, 0.2) is 54.6 Å². The molecule has 0 saturated carbocycles. The number of amides is 1.